The van der Waals surface area contributed by atoms with Crippen LogP contribution in [0.5, 0.6) is 0 Å². The Kier molecular flexibility index (Phi) is 4.93. The van der Waals surface area contributed by atoms with Gasteiger partial charge in [0, 0.05) is 12.2 Å². The molecule has 116 valence electrons. The summed E-state index contributed by atoms with van der Waals surface area (Å²) in [6.45, 7) is 6.44. The quantitative estimate of drug-likeness (QED) is 0.792. The van der Waals surface area contributed by atoms with Crippen molar-refractivity contribution < 1.29 is 9.59 Å². The second-order valence-electron chi connectivity index (χ2n) is 5.54. The van der Waals surface area contributed by atoms with Crippen molar-refractivity contribution in [2.24, 2.45) is 5.92 Å². The molecule has 0 unspecified atom stereocenters. The minimum Gasteiger partial charge on any atom is -0.352 e. The van der Waals surface area contributed by atoms with Crippen molar-refractivity contribution in [2.45, 2.75) is 20.8 Å². The first-order valence-corrected chi connectivity index (χ1v) is 7.18. The molecule has 0 aliphatic rings. The number of benzene rings is 1. The maximum atomic E-state index is 12.2. The smallest absolute Gasteiger partial charge is 0.276 e. The maximum absolute atomic E-state index is 12.2. The molecule has 6 nitrogen and oxygen atoms in total. The summed E-state index contributed by atoms with van der Waals surface area (Å²) in [5, 5.41) is 12.2. The van der Waals surface area contributed by atoms with Gasteiger partial charge in [0.2, 0.25) is 0 Å². The molecule has 0 spiro atoms. The molecule has 0 aliphatic heterocycles. The molecular weight excluding hydrogens is 280 g/mol. The number of carbonyl (C=O) groups excluding carboxylic acids is 2. The number of aryl methyl sites for hydroxylation is 1. The first-order chi connectivity index (χ1) is 10.5. The number of H-pyrrole nitrogens is 1. The highest BCUT2D eigenvalue weighted by atomic mass is 16.2. The van der Waals surface area contributed by atoms with E-state index in [9.17, 15) is 9.59 Å². The summed E-state index contributed by atoms with van der Waals surface area (Å²) in [5.41, 5.74) is 1.99. The lowest BCUT2D eigenvalue weighted by Crippen LogP contribution is -2.28. The molecule has 2 amide bonds. The Hall–Kier alpha value is -2.63. The van der Waals surface area contributed by atoms with Crippen LogP contribution in [0.3, 0.4) is 0 Å². The van der Waals surface area contributed by atoms with E-state index >= 15 is 0 Å². The van der Waals surface area contributed by atoms with E-state index in [4.69, 9.17) is 0 Å². The number of carbonyl (C=O) groups is 2. The average molecular weight is 300 g/mol. The van der Waals surface area contributed by atoms with Crippen LogP contribution in [0.4, 0.5) is 5.69 Å². The van der Waals surface area contributed by atoms with Gasteiger partial charge in [-0.15, -0.1) is 0 Å². The van der Waals surface area contributed by atoms with Crippen LogP contribution in [0.1, 0.15) is 40.4 Å². The predicted molar refractivity (Wildman–Crippen MR) is 84.9 cm³/mol. The van der Waals surface area contributed by atoms with E-state index in [-0.39, 0.29) is 17.5 Å². The van der Waals surface area contributed by atoms with Gasteiger partial charge in [-0.2, -0.15) is 5.10 Å². The van der Waals surface area contributed by atoms with E-state index in [0.717, 1.165) is 5.69 Å². The highest BCUT2D eigenvalue weighted by Gasteiger charge is 2.15. The predicted octanol–water partition coefficient (Wildman–Crippen LogP) is 2.36. The van der Waals surface area contributed by atoms with Crippen LogP contribution in [0, 0.1) is 12.8 Å². The zero-order valence-electron chi connectivity index (χ0n) is 12.9. The third-order valence-corrected chi connectivity index (χ3v) is 3.03. The van der Waals surface area contributed by atoms with Crippen LogP contribution in [0.2, 0.25) is 0 Å². The SMILES string of the molecule is Cc1cc(C(=O)Nc2ccccc2C(=O)NCC(C)C)n[nH]1. The normalized spacial score (nSPS) is 10.5. The van der Waals surface area contributed by atoms with Gasteiger partial charge in [-0.3, -0.25) is 14.7 Å². The molecule has 1 heterocycles. The Labute approximate surface area is 129 Å². The van der Waals surface area contributed by atoms with Crippen LogP contribution < -0.4 is 10.6 Å². The number of anilines is 1. The Balaban J connectivity index is 2.14. The average Bonchev–Trinajstić information content (AvgIpc) is 2.92. The molecule has 1 aromatic carbocycles. The third kappa shape index (κ3) is 3.94. The molecule has 3 N–H and O–H groups in total. The van der Waals surface area contributed by atoms with Crippen LogP contribution >= 0.6 is 0 Å². The Morgan fingerprint density at radius 2 is 1.95 bits per heavy atom. The highest BCUT2D eigenvalue weighted by molar-refractivity contribution is 6.08. The highest BCUT2D eigenvalue weighted by Crippen LogP contribution is 2.16. The first-order valence-electron chi connectivity index (χ1n) is 7.18. The fourth-order valence-corrected chi connectivity index (χ4v) is 1.90. The number of hydrogen-bond donors (Lipinski definition) is 3. The van der Waals surface area contributed by atoms with Gasteiger partial charge in [0.05, 0.1) is 11.3 Å². The molecule has 2 aromatic rings. The number of para-hydroxylation sites is 1. The zero-order valence-corrected chi connectivity index (χ0v) is 12.9. The van der Waals surface area contributed by atoms with Crippen LogP contribution in [-0.2, 0) is 0 Å². The molecule has 1 aromatic heterocycles. The Bertz CT molecular complexity index is 676. The summed E-state index contributed by atoms with van der Waals surface area (Å²) in [6.07, 6.45) is 0. The van der Waals surface area contributed by atoms with Crippen molar-refractivity contribution in [1.82, 2.24) is 15.5 Å². The van der Waals surface area contributed by atoms with Crippen molar-refractivity contribution in [3.8, 4) is 0 Å². The summed E-state index contributed by atoms with van der Waals surface area (Å²) in [7, 11) is 0. The monoisotopic (exact) mass is 300 g/mol. The van der Waals surface area contributed by atoms with Crippen LogP contribution in [0.25, 0.3) is 0 Å². The topological polar surface area (TPSA) is 86.9 Å². The van der Waals surface area contributed by atoms with Gasteiger partial charge in [0.1, 0.15) is 0 Å². The molecule has 22 heavy (non-hydrogen) atoms. The minimum atomic E-state index is -0.353. The number of amides is 2. The van der Waals surface area contributed by atoms with Gasteiger partial charge >= 0.3 is 0 Å². The lowest BCUT2D eigenvalue weighted by molar-refractivity contribution is 0.0950. The maximum Gasteiger partial charge on any atom is 0.276 e. The van der Waals surface area contributed by atoms with E-state index in [1.165, 1.54) is 0 Å². The van der Waals surface area contributed by atoms with Gasteiger partial charge in [0.15, 0.2) is 5.69 Å². The lowest BCUT2D eigenvalue weighted by atomic mass is 10.1. The Morgan fingerprint density at radius 1 is 1.23 bits per heavy atom. The number of rotatable bonds is 5. The summed E-state index contributed by atoms with van der Waals surface area (Å²) in [4.78, 5) is 24.4. The van der Waals surface area contributed by atoms with Crippen molar-refractivity contribution in [3.63, 3.8) is 0 Å². The van der Waals surface area contributed by atoms with Crippen LogP contribution in [0.15, 0.2) is 30.3 Å². The van der Waals surface area contributed by atoms with Crippen molar-refractivity contribution in [1.29, 1.82) is 0 Å². The molecule has 0 fully saturated rings. The molecule has 0 radical (unpaired) electrons. The number of nitrogens with zero attached hydrogens (tertiary/aromatic N) is 1. The first kappa shape index (κ1) is 15.8. The van der Waals surface area contributed by atoms with Gasteiger partial charge in [-0.25, -0.2) is 0 Å². The van der Waals surface area contributed by atoms with E-state index in [1.807, 2.05) is 20.8 Å². The number of nitrogens with one attached hydrogen (secondary N) is 3. The van der Waals surface area contributed by atoms with E-state index in [2.05, 4.69) is 20.8 Å². The largest absolute Gasteiger partial charge is 0.352 e. The standard InChI is InChI=1S/C16H20N4O2/c1-10(2)9-17-15(21)12-6-4-5-7-13(12)18-16(22)14-8-11(3)19-20-14/h4-8,10H,9H2,1-3H3,(H,17,21)(H,18,22)(H,19,20). The Morgan fingerprint density at radius 3 is 2.59 bits per heavy atom. The summed E-state index contributed by atoms with van der Waals surface area (Å²) < 4.78 is 0. The second-order valence-corrected chi connectivity index (χ2v) is 5.54. The molecule has 0 saturated carbocycles. The number of aromatic amines is 1. The molecule has 0 aliphatic carbocycles. The fourth-order valence-electron chi connectivity index (χ4n) is 1.90. The van der Waals surface area contributed by atoms with E-state index in [1.54, 1.807) is 30.3 Å². The summed E-state index contributed by atoms with van der Waals surface area (Å²) in [5.74, 6) is -0.200. The van der Waals surface area contributed by atoms with Crippen LogP contribution in [-0.4, -0.2) is 28.6 Å². The van der Waals surface area contributed by atoms with E-state index in [0.29, 0.717) is 23.7 Å². The fraction of sp³-hybridized carbons (Fsp3) is 0.312. The molecule has 0 saturated heterocycles. The number of aromatic nitrogens is 2. The third-order valence-electron chi connectivity index (χ3n) is 3.03. The van der Waals surface area contributed by atoms with Crippen molar-refractivity contribution in [3.05, 3.63) is 47.3 Å². The van der Waals surface area contributed by atoms with Crippen molar-refractivity contribution in [2.75, 3.05) is 11.9 Å². The summed E-state index contributed by atoms with van der Waals surface area (Å²) in [6, 6.07) is 8.56. The molecular formula is C16H20N4O2. The van der Waals surface area contributed by atoms with Crippen molar-refractivity contribution >= 4 is 17.5 Å². The molecule has 6 heteroatoms. The summed E-state index contributed by atoms with van der Waals surface area (Å²) >= 11 is 0. The van der Waals surface area contributed by atoms with E-state index < -0.39 is 0 Å². The van der Waals surface area contributed by atoms with Gasteiger partial charge in [-0.05, 0) is 31.0 Å². The minimum absolute atomic E-state index is 0.206. The second kappa shape index (κ2) is 6.89. The lowest BCUT2D eigenvalue weighted by Gasteiger charge is -2.12. The zero-order chi connectivity index (χ0) is 16.1. The van der Waals surface area contributed by atoms with Gasteiger partial charge < -0.3 is 10.6 Å². The number of hydrogen-bond acceptors (Lipinski definition) is 3. The molecule has 2 rings (SSSR count). The molecule has 0 atom stereocenters. The van der Waals surface area contributed by atoms with Gasteiger partial charge in [-0.1, -0.05) is 26.0 Å². The van der Waals surface area contributed by atoms with Gasteiger partial charge in [0.25, 0.3) is 11.8 Å². The molecule has 0 bridgehead atoms.